The van der Waals surface area contributed by atoms with Crippen LogP contribution in [0.4, 0.5) is 4.79 Å². The third kappa shape index (κ3) is 2.90. The minimum Gasteiger partial charge on any atom is -0.480 e. The van der Waals surface area contributed by atoms with Gasteiger partial charge in [-0.05, 0) is 40.0 Å². The van der Waals surface area contributed by atoms with Crippen molar-refractivity contribution in [1.29, 1.82) is 0 Å². The monoisotopic (exact) mass is 242 g/mol. The molecule has 0 aliphatic carbocycles. The first kappa shape index (κ1) is 13.8. The molecular weight excluding hydrogens is 220 g/mol. The van der Waals surface area contributed by atoms with Crippen LogP contribution in [-0.2, 0) is 4.79 Å². The van der Waals surface area contributed by atoms with E-state index in [2.05, 4.69) is 0 Å². The predicted octanol–water partition coefficient (Wildman–Crippen LogP) is 1.78. The predicted molar refractivity (Wildman–Crippen MR) is 64.9 cm³/mol. The molecule has 0 radical (unpaired) electrons. The summed E-state index contributed by atoms with van der Waals surface area (Å²) in [6.07, 6.45) is 3.17. The molecule has 1 heterocycles. The molecule has 1 aliphatic heterocycles. The molecule has 0 unspecified atom stereocenters. The number of hydrogen-bond acceptors (Lipinski definition) is 2. The number of urea groups is 1. The number of carbonyl (C=O) groups excluding carboxylic acids is 1. The van der Waals surface area contributed by atoms with Crippen LogP contribution in [0.5, 0.6) is 0 Å². The minimum atomic E-state index is -1.15. The van der Waals surface area contributed by atoms with E-state index in [4.69, 9.17) is 0 Å². The maximum Gasteiger partial charge on any atom is 0.329 e. The molecule has 0 aromatic rings. The molecule has 1 aliphatic rings. The van der Waals surface area contributed by atoms with E-state index < -0.39 is 11.5 Å². The van der Waals surface area contributed by atoms with E-state index in [9.17, 15) is 14.7 Å². The van der Waals surface area contributed by atoms with Crippen LogP contribution in [0.3, 0.4) is 0 Å². The van der Waals surface area contributed by atoms with Crippen LogP contribution < -0.4 is 0 Å². The molecule has 17 heavy (non-hydrogen) atoms. The standard InChI is InChI=1S/C12H22N2O3/c1-4-14(12(2,3)10(15)16)11(17)13-8-6-5-7-9-13/h4-9H2,1-3H3,(H,15,16). The third-order valence-corrected chi connectivity index (χ3v) is 3.37. The highest BCUT2D eigenvalue weighted by Gasteiger charge is 2.38. The zero-order chi connectivity index (χ0) is 13.1. The van der Waals surface area contributed by atoms with E-state index >= 15 is 0 Å². The number of hydrogen-bond donors (Lipinski definition) is 1. The molecule has 1 saturated heterocycles. The van der Waals surface area contributed by atoms with Crippen LogP contribution in [0.1, 0.15) is 40.0 Å². The van der Waals surface area contributed by atoms with Crippen molar-refractivity contribution in [3.63, 3.8) is 0 Å². The van der Waals surface area contributed by atoms with Crippen LogP contribution >= 0.6 is 0 Å². The number of carbonyl (C=O) groups is 2. The van der Waals surface area contributed by atoms with Gasteiger partial charge in [0.15, 0.2) is 0 Å². The lowest BCUT2D eigenvalue weighted by Crippen LogP contribution is -2.57. The van der Waals surface area contributed by atoms with Crippen LogP contribution in [0.2, 0.25) is 0 Å². The van der Waals surface area contributed by atoms with E-state index in [-0.39, 0.29) is 6.03 Å². The average Bonchev–Trinajstić information content (AvgIpc) is 2.30. The average molecular weight is 242 g/mol. The zero-order valence-corrected chi connectivity index (χ0v) is 10.9. The highest BCUT2D eigenvalue weighted by molar-refractivity contribution is 5.85. The Bertz CT molecular complexity index is 296. The lowest BCUT2D eigenvalue weighted by Gasteiger charge is -2.39. The Balaban J connectivity index is 2.79. The Kier molecular flexibility index (Phi) is 4.37. The highest BCUT2D eigenvalue weighted by Crippen LogP contribution is 2.19. The molecule has 0 aromatic carbocycles. The van der Waals surface area contributed by atoms with Gasteiger partial charge in [0, 0.05) is 19.6 Å². The Labute approximate surface area is 102 Å². The summed E-state index contributed by atoms with van der Waals surface area (Å²) in [4.78, 5) is 26.7. The van der Waals surface area contributed by atoms with Crippen molar-refractivity contribution in [3.8, 4) is 0 Å². The fourth-order valence-electron chi connectivity index (χ4n) is 2.14. The number of carboxylic acid groups (broad SMARTS) is 1. The maximum absolute atomic E-state index is 12.3. The van der Waals surface area contributed by atoms with E-state index in [1.165, 1.54) is 4.90 Å². The van der Waals surface area contributed by atoms with Crippen molar-refractivity contribution in [2.24, 2.45) is 0 Å². The summed E-state index contributed by atoms with van der Waals surface area (Å²) in [5.74, 6) is -0.968. The molecule has 5 nitrogen and oxygen atoms in total. The van der Waals surface area contributed by atoms with Gasteiger partial charge in [-0.1, -0.05) is 0 Å². The van der Waals surface area contributed by atoms with Gasteiger partial charge in [-0.2, -0.15) is 0 Å². The summed E-state index contributed by atoms with van der Waals surface area (Å²) in [6, 6.07) is -0.153. The van der Waals surface area contributed by atoms with E-state index in [0.717, 1.165) is 32.4 Å². The van der Waals surface area contributed by atoms with Crippen molar-refractivity contribution in [3.05, 3.63) is 0 Å². The molecule has 0 bridgehead atoms. The lowest BCUT2D eigenvalue weighted by molar-refractivity contribution is -0.147. The molecule has 1 fully saturated rings. The molecule has 0 saturated carbocycles. The van der Waals surface area contributed by atoms with Gasteiger partial charge < -0.3 is 14.9 Å². The zero-order valence-electron chi connectivity index (χ0n) is 10.9. The fourth-order valence-corrected chi connectivity index (χ4v) is 2.14. The van der Waals surface area contributed by atoms with Gasteiger partial charge in [0.1, 0.15) is 5.54 Å². The van der Waals surface area contributed by atoms with Crippen LogP contribution in [0, 0.1) is 0 Å². The summed E-state index contributed by atoms with van der Waals surface area (Å²) < 4.78 is 0. The molecule has 1 N–H and O–H groups in total. The molecule has 0 atom stereocenters. The molecule has 5 heteroatoms. The second-order valence-corrected chi connectivity index (χ2v) is 4.94. The van der Waals surface area contributed by atoms with Gasteiger partial charge in [0.25, 0.3) is 0 Å². The summed E-state index contributed by atoms with van der Waals surface area (Å²) in [5.41, 5.74) is -1.15. The Hall–Kier alpha value is -1.26. The van der Waals surface area contributed by atoms with Gasteiger partial charge in [0.2, 0.25) is 0 Å². The first-order chi connectivity index (χ1) is 7.91. The topological polar surface area (TPSA) is 60.9 Å². The largest absolute Gasteiger partial charge is 0.480 e. The molecule has 0 aromatic heterocycles. The third-order valence-electron chi connectivity index (χ3n) is 3.37. The van der Waals surface area contributed by atoms with Crippen LogP contribution in [-0.4, -0.2) is 52.1 Å². The van der Waals surface area contributed by atoms with E-state index in [1.807, 2.05) is 6.92 Å². The Morgan fingerprint density at radius 2 is 1.76 bits per heavy atom. The van der Waals surface area contributed by atoms with Crippen LogP contribution in [0.25, 0.3) is 0 Å². The summed E-state index contributed by atoms with van der Waals surface area (Å²) in [7, 11) is 0. The summed E-state index contributed by atoms with van der Waals surface area (Å²) in [6.45, 7) is 6.85. The van der Waals surface area contributed by atoms with Crippen molar-refractivity contribution in [1.82, 2.24) is 9.80 Å². The van der Waals surface area contributed by atoms with Gasteiger partial charge in [-0.25, -0.2) is 9.59 Å². The highest BCUT2D eigenvalue weighted by atomic mass is 16.4. The summed E-state index contributed by atoms with van der Waals surface area (Å²) in [5, 5.41) is 9.18. The number of piperidine rings is 1. The lowest BCUT2D eigenvalue weighted by atomic mass is 10.0. The fraction of sp³-hybridized carbons (Fsp3) is 0.833. The maximum atomic E-state index is 12.3. The number of likely N-dealkylation sites (tertiary alicyclic amines) is 1. The second-order valence-electron chi connectivity index (χ2n) is 4.94. The second kappa shape index (κ2) is 5.38. The van der Waals surface area contributed by atoms with Crippen LogP contribution in [0.15, 0.2) is 0 Å². The van der Waals surface area contributed by atoms with Gasteiger partial charge in [0.05, 0.1) is 0 Å². The number of nitrogens with zero attached hydrogens (tertiary/aromatic N) is 2. The van der Waals surface area contributed by atoms with Crippen molar-refractivity contribution >= 4 is 12.0 Å². The van der Waals surface area contributed by atoms with Gasteiger partial charge >= 0.3 is 12.0 Å². The van der Waals surface area contributed by atoms with E-state index in [0.29, 0.717) is 6.54 Å². The number of amides is 2. The van der Waals surface area contributed by atoms with Gasteiger partial charge in [-0.15, -0.1) is 0 Å². The van der Waals surface area contributed by atoms with Gasteiger partial charge in [-0.3, -0.25) is 0 Å². The number of carboxylic acids is 1. The normalized spacial score (nSPS) is 16.8. The first-order valence-corrected chi connectivity index (χ1v) is 6.21. The van der Waals surface area contributed by atoms with Crippen molar-refractivity contribution in [2.45, 2.75) is 45.6 Å². The number of likely N-dealkylation sites (N-methyl/N-ethyl adjacent to an activating group) is 1. The summed E-state index contributed by atoms with van der Waals surface area (Å²) >= 11 is 0. The number of rotatable bonds is 3. The Morgan fingerprint density at radius 1 is 1.24 bits per heavy atom. The first-order valence-electron chi connectivity index (χ1n) is 6.21. The SMILES string of the molecule is CCN(C(=O)N1CCCCC1)C(C)(C)C(=O)O. The quantitative estimate of drug-likeness (QED) is 0.820. The molecule has 2 amide bonds. The molecular formula is C12H22N2O3. The van der Waals surface area contributed by atoms with Crippen molar-refractivity contribution in [2.75, 3.05) is 19.6 Å². The number of aliphatic carboxylic acids is 1. The Morgan fingerprint density at radius 3 is 2.18 bits per heavy atom. The minimum absolute atomic E-state index is 0.153. The smallest absolute Gasteiger partial charge is 0.329 e. The molecule has 0 spiro atoms. The molecule has 98 valence electrons. The molecule has 1 rings (SSSR count). The van der Waals surface area contributed by atoms with E-state index in [1.54, 1.807) is 18.7 Å². The van der Waals surface area contributed by atoms with Crippen molar-refractivity contribution < 1.29 is 14.7 Å².